The molecule has 35 heavy (non-hydrogen) atoms. The first-order chi connectivity index (χ1) is 17.0. The van der Waals surface area contributed by atoms with E-state index in [1.165, 1.54) is 25.0 Å². The number of urea groups is 1. The number of primary amides is 1. The number of ether oxygens (including phenoxy) is 1. The number of nitrogens with zero attached hydrogens (tertiary/aromatic N) is 2. The first kappa shape index (κ1) is 26.7. The van der Waals surface area contributed by atoms with E-state index < -0.39 is 32.0 Å². The summed E-state index contributed by atoms with van der Waals surface area (Å²) in [5.41, 5.74) is 5.70. The number of alkyl halides is 3. The van der Waals surface area contributed by atoms with E-state index in [4.69, 9.17) is 10.5 Å². The molecule has 1 saturated heterocycles. The van der Waals surface area contributed by atoms with Gasteiger partial charge >= 0.3 is 6.03 Å². The van der Waals surface area contributed by atoms with E-state index in [1.807, 2.05) is 0 Å². The maximum absolute atomic E-state index is 13.6. The Hall–Kier alpha value is -2.86. The van der Waals surface area contributed by atoms with Crippen LogP contribution in [0.1, 0.15) is 58.3 Å². The van der Waals surface area contributed by atoms with Gasteiger partial charge in [0.25, 0.3) is 5.91 Å². The van der Waals surface area contributed by atoms with Gasteiger partial charge in [0.15, 0.2) is 0 Å². The number of unbranched alkanes of at least 4 members (excludes halogenated alkanes) is 1. The summed E-state index contributed by atoms with van der Waals surface area (Å²) in [4.78, 5) is 26.7. The molecule has 4 N–H and O–H groups in total. The minimum atomic E-state index is -1.00. The number of hydrogen-bond donors (Lipinski definition) is 3. The molecule has 0 saturated carbocycles. The van der Waals surface area contributed by atoms with Crippen molar-refractivity contribution in [1.29, 1.82) is 0 Å². The van der Waals surface area contributed by atoms with Crippen LogP contribution in [0.15, 0.2) is 12.1 Å². The zero-order valence-electron chi connectivity index (χ0n) is 19.4. The molecule has 1 aromatic heterocycles. The van der Waals surface area contributed by atoms with Crippen molar-refractivity contribution in [2.24, 2.45) is 5.73 Å². The van der Waals surface area contributed by atoms with Crippen molar-refractivity contribution in [2.75, 3.05) is 31.5 Å². The number of rotatable bonds is 13. The van der Waals surface area contributed by atoms with E-state index in [9.17, 15) is 22.8 Å². The highest BCUT2D eigenvalue weighted by atomic mass is 32.1. The summed E-state index contributed by atoms with van der Waals surface area (Å²) in [6, 6.07) is 2.18. The second kappa shape index (κ2) is 13.3. The minimum absolute atomic E-state index is 0.000891. The summed E-state index contributed by atoms with van der Waals surface area (Å²) in [6.45, 7) is 0.571. The number of hydrogen-bond acceptors (Lipinski definition) is 6. The Labute approximate surface area is 206 Å². The standard InChI is InChI=1S/C23H30F3N5O3S/c24-11-15-5-6-16(12-25)18(17(15)13-26)14-34-21-19(20(27)32)22(35-30-21)29-23(33)28-7-1-2-8-31-9-3-4-10-31/h5-6H,1-4,7-14H2,(H2,27,32)(H2,28,29,33). The zero-order valence-corrected chi connectivity index (χ0v) is 20.2. The lowest BCUT2D eigenvalue weighted by Crippen LogP contribution is -2.30. The quantitative estimate of drug-likeness (QED) is 0.348. The van der Waals surface area contributed by atoms with Crippen molar-refractivity contribution < 1.29 is 27.5 Å². The number of aromatic nitrogens is 1. The van der Waals surface area contributed by atoms with E-state index in [0.717, 1.165) is 44.0 Å². The van der Waals surface area contributed by atoms with Crippen LogP contribution in [0.5, 0.6) is 5.88 Å². The van der Waals surface area contributed by atoms with Crippen molar-refractivity contribution >= 4 is 28.5 Å². The molecule has 0 bridgehead atoms. The number of carbonyl (C=O) groups excluding carboxylic acids is 2. The van der Waals surface area contributed by atoms with Crippen LogP contribution in [0, 0.1) is 0 Å². The number of benzene rings is 1. The molecular formula is C23H30F3N5O3S. The molecule has 0 spiro atoms. The topological polar surface area (TPSA) is 110 Å². The third kappa shape index (κ3) is 7.07. The highest BCUT2D eigenvalue weighted by molar-refractivity contribution is 7.11. The number of likely N-dealkylation sites (tertiary alicyclic amines) is 1. The molecule has 1 aliphatic rings. The Bertz CT molecular complexity index is 1010. The zero-order chi connectivity index (χ0) is 25.2. The summed E-state index contributed by atoms with van der Waals surface area (Å²) in [7, 11) is 0. The van der Waals surface area contributed by atoms with Gasteiger partial charge in [0.05, 0.1) is 0 Å². The van der Waals surface area contributed by atoms with Gasteiger partial charge in [-0.15, -0.1) is 0 Å². The van der Waals surface area contributed by atoms with Crippen LogP contribution >= 0.6 is 11.5 Å². The number of halogens is 3. The van der Waals surface area contributed by atoms with Crippen molar-refractivity contribution in [3.8, 4) is 5.88 Å². The number of carbonyl (C=O) groups is 2. The Morgan fingerprint density at radius 3 is 2.37 bits per heavy atom. The predicted octanol–water partition coefficient (Wildman–Crippen LogP) is 4.23. The minimum Gasteiger partial charge on any atom is -0.472 e. The van der Waals surface area contributed by atoms with Gasteiger partial charge in [0.2, 0.25) is 5.88 Å². The summed E-state index contributed by atoms with van der Waals surface area (Å²) < 4.78 is 49.8. The molecular weight excluding hydrogens is 483 g/mol. The molecule has 12 heteroatoms. The molecule has 192 valence electrons. The maximum atomic E-state index is 13.6. The van der Waals surface area contributed by atoms with E-state index in [1.54, 1.807) is 0 Å². The van der Waals surface area contributed by atoms with E-state index in [0.29, 0.717) is 6.54 Å². The molecule has 2 aromatic rings. The van der Waals surface area contributed by atoms with Crippen LogP contribution in [-0.4, -0.2) is 47.4 Å². The van der Waals surface area contributed by atoms with Crippen LogP contribution in [0.4, 0.5) is 23.0 Å². The highest BCUT2D eigenvalue weighted by Gasteiger charge is 2.23. The summed E-state index contributed by atoms with van der Waals surface area (Å²) in [5.74, 6) is -1.06. The lowest BCUT2D eigenvalue weighted by atomic mass is 9.98. The molecule has 8 nitrogen and oxygen atoms in total. The first-order valence-electron chi connectivity index (χ1n) is 11.5. The number of nitrogens with two attached hydrogens (primary N) is 1. The predicted molar refractivity (Wildman–Crippen MR) is 128 cm³/mol. The van der Waals surface area contributed by atoms with Crippen LogP contribution in [-0.2, 0) is 26.6 Å². The molecule has 1 aliphatic heterocycles. The molecule has 3 amide bonds. The Morgan fingerprint density at radius 1 is 1.06 bits per heavy atom. The van der Waals surface area contributed by atoms with Crippen molar-refractivity contribution in [3.05, 3.63) is 39.9 Å². The van der Waals surface area contributed by atoms with Gasteiger partial charge in [-0.1, -0.05) is 12.1 Å². The van der Waals surface area contributed by atoms with Crippen molar-refractivity contribution in [3.63, 3.8) is 0 Å². The van der Waals surface area contributed by atoms with Crippen LogP contribution in [0.2, 0.25) is 0 Å². The third-order valence-corrected chi connectivity index (χ3v) is 6.67. The van der Waals surface area contributed by atoms with Crippen LogP contribution in [0.3, 0.4) is 0 Å². The van der Waals surface area contributed by atoms with E-state index in [2.05, 4.69) is 19.9 Å². The van der Waals surface area contributed by atoms with Gasteiger partial charge in [0, 0.05) is 12.1 Å². The molecule has 0 aliphatic carbocycles. The fraction of sp³-hybridized carbons (Fsp3) is 0.522. The number of anilines is 1. The van der Waals surface area contributed by atoms with Gasteiger partial charge in [-0.2, -0.15) is 4.37 Å². The molecule has 0 atom stereocenters. The van der Waals surface area contributed by atoms with Crippen LogP contribution < -0.4 is 21.1 Å². The monoisotopic (exact) mass is 513 g/mol. The van der Waals surface area contributed by atoms with Gasteiger partial charge in [0.1, 0.15) is 37.2 Å². The molecule has 1 fully saturated rings. The molecule has 1 aromatic carbocycles. The lowest BCUT2D eigenvalue weighted by Gasteiger charge is -2.15. The maximum Gasteiger partial charge on any atom is 0.319 e. The van der Waals surface area contributed by atoms with Crippen LogP contribution in [0.25, 0.3) is 0 Å². The van der Waals surface area contributed by atoms with E-state index in [-0.39, 0.29) is 45.3 Å². The Morgan fingerprint density at radius 2 is 1.74 bits per heavy atom. The molecule has 2 heterocycles. The molecule has 0 unspecified atom stereocenters. The van der Waals surface area contributed by atoms with Gasteiger partial charge < -0.3 is 20.7 Å². The second-order valence-corrected chi connectivity index (χ2v) is 9.00. The first-order valence-corrected chi connectivity index (χ1v) is 12.3. The molecule has 0 radical (unpaired) electrons. The average molecular weight is 514 g/mol. The fourth-order valence-corrected chi connectivity index (χ4v) is 4.76. The number of nitrogens with one attached hydrogen (secondary N) is 2. The third-order valence-electron chi connectivity index (χ3n) is 5.92. The van der Waals surface area contributed by atoms with Gasteiger partial charge in [-0.05, 0) is 73.5 Å². The fourth-order valence-electron chi connectivity index (χ4n) is 4.02. The molecule has 3 rings (SSSR count). The normalized spacial score (nSPS) is 13.7. The van der Waals surface area contributed by atoms with Gasteiger partial charge in [-0.3, -0.25) is 10.1 Å². The largest absolute Gasteiger partial charge is 0.472 e. The Kier molecular flexibility index (Phi) is 10.2. The summed E-state index contributed by atoms with van der Waals surface area (Å²) >= 11 is 0.793. The average Bonchev–Trinajstić information content (AvgIpc) is 3.51. The Balaban J connectivity index is 1.59. The van der Waals surface area contributed by atoms with Gasteiger partial charge in [-0.25, -0.2) is 18.0 Å². The van der Waals surface area contributed by atoms with Crippen molar-refractivity contribution in [2.45, 2.75) is 52.3 Å². The highest BCUT2D eigenvalue weighted by Crippen LogP contribution is 2.32. The van der Waals surface area contributed by atoms with Crippen molar-refractivity contribution in [1.82, 2.24) is 14.6 Å². The number of amides is 3. The smallest absolute Gasteiger partial charge is 0.319 e. The lowest BCUT2D eigenvalue weighted by molar-refractivity contribution is 0.0996. The summed E-state index contributed by atoms with van der Waals surface area (Å²) in [5, 5.41) is 5.38. The second-order valence-electron chi connectivity index (χ2n) is 8.22. The van der Waals surface area contributed by atoms with E-state index >= 15 is 0 Å². The summed E-state index contributed by atoms with van der Waals surface area (Å²) in [6.07, 6.45) is 4.26. The SMILES string of the molecule is NC(=O)c1c(OCc2c(CF)ccc(CF)c2CF)nsc1NC(=O)NCCCCN1CCCC1.